The van der Waals surface area contributed by atoms with Crippen molar-refractivity contribution in [2.75, 3.05) is 5.32 Å². The average Bonchev–Trinajstić information content (AvgIpc) is 2.21. The standard InChI is InChI=1S/C17H28BrN/c1-11(2)7-15(8-12(3)4)19-17-14(6)9-13(5)10-16(17)18/h9-12,15,19H,7-8H2,1-6H3. The minimum atomic E-state index is 0.553. The molecule has 0 aromatic heterocycles. The lowest BCUT2D eigenvalue weighted by Gasteiger charge is -2.25. The largest absolute Gasteiger partial charge is 0.381 e. The number of hydrogen-bond donors (Lipinski definition) is 1. The first-order chi connectivity index (χ1) is 8.79. The van der Waals surface area contributed by atoms with Crippen molar-refractivity contribution >= 4 is 21.6 Å². The van der Waals surface area contributed by atoms with Crippen molar-refractivity contribution in [3.8, 4) is 0 Å². The summed E-state index contributed by atoms with van der Waals surface area (Å²) in [4.78, 5) is 0. The first-order valence-electron chi connectivity index (χ1n) is 7.32. The average molecular weight is 326 g/mol. The third-order valence-corrected chi connectivity index (χ3v) is 3.92. The number of benzene rings is 1. The van der Waals surface area contributed by atoms with E-state index in [0.29, 0.717) is 6.04 Å². The molecule has 0 bridgehead atoms. The van der Waals surface area contributed by atoms with Crippen molar-refractivity contribution in [1.29, 1.82) is 0 Å². The van der Waals surface area contributed by atoms with E-state index in [9.17, 15) is 0 Å². The van der Waals surface area contributed by atoms with Crippen molar-refractivity contribution in [1.82, 2.24) is 0 Å². The SMILES string of the molecule is Cc1cc(C)c(NC(CC(C)C)CC(C)C)c(Br)c1. The molecule has 0 fully saturated rings. The van der Waals surface area contributed by atoms with Gasteiger partial charge in [-0.15, -0.1) is 0 Å². The van der Waals surface area contributed by atoms with Crippen molar-refractivity contribution in [2.24, 2.45) is 11.8 Å². The van der Waals surface area contributed by atoms with Crippen LogP contribution in [0.1, 0.15) is 51.7 Å². The Kier molecular flexibility index (Phi) is 6.38. The number of nitrogens with one attached hydrogen (secondary N) is 1. The van der Waals surface area contributed by atoms with Crippen LogP contribution >= 0.6 is 15.9 Å². The zero-order chi connectivity index (χ0) is 14.6. The van der Waals surface area contributed by atoms with Crippen LogP contribution in [0.3, 0.4) is 0 Å². The maximum Gasteiger partial charge on any atom is 0.0516 e. The molecule has 0 heterocycles. The normalized spacial score (nSPS) is 11.7. The molecule has 19 heavy (non-hydrogen) atoms. The molecular weight excluding hydrogens is 298 g/mol. The Morgan fingerprint density at radius 3 is 1.95 bits per heavy atom. The molecule has 0 spiro atoms. The Hall–Kier alpha value is -0.500. The fourth-order valence-electron chi connectivity index (χ4n) is 2.65. The van der Waals surface area contributed by atoms with Gasteiger partial charge in [0, 0.05) is 10.5 Å². The number of aryl methyl sites for hydroxylation is 2. The van der Waals surface area contributed by atoms with E-state index in [2.05, 4.69) is 74.9 Å². The van der Waals surface area contributed by atoms with Gasteiger partial charge < -0.3 is 5.32 Å². The lowest BCUT2D eigenvalue weighted by molar-refractivity contribution is 0.442. The van der Waals surface area contributed by atoms with Gasteiger partial charge in [0.2, 0.25) is 0 Å². The zero-order valence-corrected chi connectivity index (χ0v) is 14.8. The fraction of sp³-hybridized carbons (Fsp3) is 0.647. The highest BCUT2D eigenvalue weighted by molar-refractivity contribution is 9.10. The minimum absolute atomic E-state index is 0.553. The first-order valence-corrected chi connectivity index (χ1v) is 8.12. The highest BCUT2D eigenvalue weighted by Gasteiger charge is 2.15. The molecule has 1 aromatic carbocycles. The van der Waals surface area contributed by atoms with Crippen LogP contribution in [-0.4, -0.2) is 6.04 Å². The molecule has 1 rings (SSSR count). The Morgan fingerprint density at radius 2 is 1.53 bits per heavy atom. The summed E-state index contributed by atoms with van der Waals surface area (Å²) >= 11 is 3.70. The van der Waals surface area contributed by atoms with E-state index in [1.165, 1.54) is 34.1 Å². The summed E-state index contributed by atoms with van der Waals surface area (Å²) < 4.78 is 1.18. The summed E-state index contributed by atoms with van der Waals surface area (Å²) in [6.45, 7) is 13.5. The summed E-state index contributed by atoms with van der Waals surface area (Å²) in [6, 6.07) is 4.99. The van der Waals surface area contributed by atoms with Crippen molar-refractivity contribution in [3.05, 3.63) is 27.7 Å². The van der Waals surface area contributed by atoms with E-state index < -0.39 is 0 Å². The Bertz CT molecular complexity index is 377. The Balaban J connectivity index is 2.89. The van der Waals surface area contributed by atoms with Gasteiger partial charge in [-0.2, -0.15) is 0 Å². The smallest absolute Gasteiger partial charge is 0.0516 e. The molecule has 0 unspecified atom stereocenters. The van der Waals surface area contributed by atoms with Crippen LogP contribution in [0.2, 0.25) is 0 Å². The number of halogens is 1. The molecule has 0 amide bonds. The molecule has 1 nitrogen and oxygen atoms in total. The second-order valence-electron chi connectivity index (χ2n) is 6.54. The zero-order valence-electron chi connectivity index (χ0n) is 13.2. The lowest BCUT2D eigenvalue weighted by atomic mass is 9.95. The third-order valence-electron chi connectivity index (χ3n) is 3.29. The van der Waals surface area contributed by atoms with Gasteiger partial charge in [-0.1, -0.05) is 33.8 Å². The minimum Gasteiger partial charge on any atom is -0.381 e. The van der Waals surface area contributed by atoms with E-state index in [-0.39, 0.29) is 0 Å². The van der Waals surface area contributed by atoms with E-state index >= 15 is 0 Å². The predicted octanol–water partition coefficient (Wildman–Crippen LogP) is 5.94. The van der Waals surface area contributed by atoms with E-state index in [1.54, 1.807) is 0 Å². The number of rotatable bonds is 6. The van der Waals surface area contributed by atoms with Crippen molar-refractivity contribution in [2.45, 2.75) is 60.4 Å². The third kappa shape index (κ3) is 5.56. The summed E-state index contributed by atoms with van der Waals surface area (Å²) in [5, 5.41) is 3.76. The van der Waals surface area contributed by atoms with Crippen LogP contribution in [0, 0.1) is 25.7 Å². The van der Waals surface area contributed by atoms with Crippen LogP contribution in [0.4, 0.5) is 5.69 Å². The van der Waals surface area contributed by atoms with Crippen LogP contribution in [0.25, 0.3) is 0 Å². The van der Waals surface area contributed by atoms with Gasteiger partial charge in [-0.25, -0.2) is 0 Å². The monoisotopic (exact) mass is 325 g/mol. The quantitative estimate of drug-likeness (QED) is 0.682. The van der Waals surface area contributed by atoms with Crippen LogP contribution in [0.5, 0.6) is 0 Å². The lowest BCUT2D eigenvalue weighted by Crippen LogP contribution is -2.24. The molecule has 0 radical (unpaired) electrons. The predicted molar refractivity (Wildman–Crippen MR) is 89.9 cm³/mol. The van der Waals surface area contributed by atoms with Gasteiger partial charge >= 0.3 is 0 Å². The first kappa shape index (κ1) is 16.6. The number of anilines is 1. The van der Waals surface area contributed by atoms with E-state index in [4.69, 9.17) is 0 Å². The van der Waals surface area contributed by atoms with Crippen LogP contribution < -0.4 is 5.32 Å². The molecule has 0 saturated carbocycles. The van der Waals surface area contributed by atoms with Crippen LogP contribution in [-0.2, 0) is 0 Å². The molecule has 0 aliphatic rings. The maximum absolute atomic E-state index is 3.76. The molecule has 0 aliphatic heterocycles. The molecule has 1 aromatic rings. The molecule has 0 aliphatic carbocycles. The van der Waals surface area contributed by atoms with Gasteiger partial charge in [0.25, 0.3) is 0 Å². The molecular formula is C17H28BrN. The van der Waals surface area contributed by atoms with Gasteiger partial charge in [0.15, 0.2) is 0 Å². The topological polar surface area (TPSA) is 12.0 Å². The van der Waals surface area contributed by atoms with E-state index in [1.807, 2.05) is 0 Å². The molecule has 1 N–H and O–H groups in total. The summed E-state index contributed by atoms with van der Waals surface area (Å²) in [6.07, 6.45) is 2.44. The Morgan fingerprint density at radius 1 is 1.00 bits per heavy atom. The summed E-state index contributed by atoms with van der Waals surface area (Å²) in [5.41, 5.74) is 3.89. The molecule has 0 saturated heterocycles. The van der Waals surface area contributed by atoms with Crippen molar-refractivity contribution < 1.29 is 0 Å². The molecule has 2 heteroatoms. The second kappa shape index (κ2) is 7.33. The maximum atomic E-state index is 3.76. The summed E-state index contributed by atoms with van der Waals surface area (Å²) in [7, 11) is 0. The van der Waals surface area contributed by atoms with Gasteiger partial charge in [0.05, 0.1) is 5.69 Å². The van der Waals surface area contributed by atoms with Gasteiger partial charge in [0.1, 0.15) is 0 Å². The van der Waals surface area contributed by atoms with Gasteiger partial charge in [-0.05, 0) is 71.6 Å². The summed E-state index contributed by atoms with van der Waals surface area (Å²) in [5.74, 6) is 1.45. The van der Waals surface area contributed by atoms with Crippen molar-refractivity contribution in [3.63, 3.8) is 0 Å². The van der Waals surface area contributed by atoms with Gasteiger partial charge in [-0.3, -0.25) is 0 Å². The molecule has 0 atom stereocenters. The second-order valence-corrected chi connectivity index (χ2v) is 7.39. The molecule has 108 valence electrons. The highest BCUT2D eigenvalue weighted by Crippen LogP contribution is 2.30. The fourth-order valence-corrected chi connectivity index (χ4v) is 3.44. The highest BCUT2D eigenvalue weighted by atomic mass is 79.9. The van der Waals surface area contributed by atoms with E-state index in [0.717, 1.165) is 11.8 Å². The number of hydrogen-bond acceptors (Lipinski definition) is 1. The Labute approximate surface area is 127 Å². The van der Waals surface area contributed by atoms with Crippen LogP contribution in [0.15, 0.2) is 16.6 Å².